The van der Waals surface area contributed by atoms with Crippen LogP contribution >= 0.6 is 27.3 Å². The van der Waals surface area contributed by atoms with E-state index in [2.05, 4.69) is 50.1 Å². The largest absolute Gasteiger partial charge is 0.481 e. The quantitative estimate of drug-likeness (QED) is 0.636. The van der Waals surface area contributed by atoms with Crippen LogP contribution in [0.4, 0.5) is 0 Å². The van der Waals surface area contributed by atoms with E-state index in [9.17, 15) is 9.90 Å². The molecule has 0 spiro atoms. The Morgan fingerprint density at radius 2 is 2.00 bits per heavy atom. The number of carboxylic acids is 1. The van der Waals surface area contributed by atoms with Crippen LogP contribution in [-0.4, -0.2) is 34.0 Å². The van der Waals surface area contributed by atoms with Crippen molar-refractivity contribution in [2.45, 2.75) is 18.9 Å². The average molecular weight is 431 g/mol. The van der Waals surface area contributed by atoms with Crippen LogP contribution < -0.4 is 0 Å². The van der Waals surface area contributed by atoms with Crippen molar-refractivity contribution in [2.75, 3.05) is 13.1 Å². The first-order chi connectivity index (χ1) is 12.6. The van der Waals surface area contributed by atoms with E-state index in [1.54, 1.807) is 11.3 Å². The number of para-hydroxylation sites is 1. The first-order valence-electron chi connectivity index (χ1n) is 8.68. The van der Waals surface area contributed by atoms with E-state index >= 15 is 0 Å². The molecule has 1 unspecified atom stereocenters. The predicted molar refractivity (Wildman–Crippen MR) is 108 cm³/mol. The van der Waals surface area contributed by atoms with Crippen molar-refractivity contribution < 1.29 is 9.90 Å². The molecule has 1 fully saturated rings. The van der Waals surface area contributed by atoms with Gasteiger partial charge in [-0.1, -0.05) is 18.2 Å². The average Bonchev–Trinajstić information content (AvgIpc) is 3.08. The summed E-state index contributed by atoms with van der Waals surface area (Å²) in [7, 11) is 0. The predicted octanol–water partition coefficient (Wildman–Crippen LogP) is 4.94. The second kappa shape index (κ2) is 7.47. The Bertz CT molecular complexity index is 934. The van der Waals surface area contributed by atoms with Crippen LogP contribution in [0.2, 0.25) is 0 Å². The van der Waals surface area contributed by atoms with Gasteiger partial charge in [-0.2, -0.15) is 0 Å². The number of thiophene rings is 1. The number of piperidine rings is 1. The van der Waals surface area contributed by atoms with Gasteiger partial charge in [0, 0.05) is 16.5 Å². The summed E-state index contributed by atoms with van der Waals surface area (Å²) in [6, 6.07) is 14.7. The molecule has 4 nitrogen and oxygen atoms in total. The van der Waals surface area contributed by atoms with E-state index in [0.29, 0.717) is 12.8 Å². The van der Waals surface area contributed by atoms with E-state index in [1.807, 2.05) is 24.4 Å². The first-order valence-corrected chi connectivity index (χ1v) is 10.3. The second-order valence-electron chi connectivity index (χ2n) is 6.65. The van der Waals surface area contributed by atoms with Gasteiger partial charge in [-0.15, -0.1) is 11.3 Å². The molecule has 134 valence electrons. The van der Waals surface area contributed by atoms with Crippen LogP contribution in [0.15, 0.2) is 52.4 Å². The number of benzene rings is 1. The summed E-state index contributed by atoms with van der Waals surface area (Å²) < 4.78 is 1.10. The molecule has 3 heterocycles. The molecule has 1 aromatic carbocycles. The van der Waals surface area contributed by atoms with E-state index in [-0.39, 0.29) is 12.0 Å². The normalized spacial score (nSPS) is 17.4. The number of halogens is 1. The van der Waals surface area contributed by atoms with E-state index < -0.39 is 5.97 Å². The summed E-state index contributed by atoms with van der Waals surface area (Å²) in [5, 5.41) is 10.4. The van der Waals surface area contributed by atoms with Crippen molar-refractivity contribution in [2.24, 2.45) is 5.92 Å². The second-order valence-corrected chi connectivity index (χ2v) is 9.15. The Balaban J connectivity index is 1.70. The number of likely N-dealkylation sites (tertiary alicyclic amines) is 1. The van der Waals surface area contributed by atoms with E-state index in [4.69, 9.17) is 0 Å². The number of hydrogen-bond acceptors (Lipinski definition) is 4. The maximum absolute atomic E-state index is 11.3. The zero-order valence-electron chi connectivity index (χ0n) is 14.1. The van der Waals surface area contributed by atoms with Gasteiger partial charge in [0.15, 0.2) is 0 Å². The third-order valence-electron chi connectivity index (χ3n) is 5.03. The highest BCUT2D eigenvalue weighted by Gasteiger charge is 2.31. The summed E-state index contributed by atoms with van der Waals surface area (Å²) in [6.07, 6.45) is 3.35. The number of carboxylic acid groups (broad SMARTS) is 1. The lowest BCUT2D eigenvalue weighted by atomic mass is 9.94. The lowest BCUT2D eigenvalue weighted by Gasteiger charge is -2.36. The van der Waals surface area contributed by atoms with Gasteiger partial charge in [0.05, 0.1) is 21.3 Å². The van der Waals surface area contributed by atoms with Gasteiger partial charge in [0.25, 0.3) is 0 Å². The van der Waals surface area contributed by atoms with Crippen LogP contribution in [0, 0.1) is 5.92 Å². The Kier molecular flexibility index (Phi) is 5.07. The van der Waals surface area contributed by atoms with Crippen molar-refractivity contribution >= 4 is 44.1 Å². The molecule has 0 aliphatic carbocycles. The van der Waals surface area contributed by atoms with Gasteiger partial charge in [0.1, 0.15) is 0 Å². The monoisotopic (exact) mass is 430 g/mol. The molecule has 1 atom stereocenters. The van der Waals surface area contributed by atoms with Crippen LogP contribution in [0.1, 0.15) is 29.3 Å². The summed E-state index contributed by atoms with van der Waals surface area (Å²) in [4.78, 5) is 19.6. The molecule has 2 aromatic heterocycles. The first kappa shape index (κ1) is 17.6. The number of pyridine rings is 1. The Morgan fingerprint density at radius 1 is 1.23 bits per heavy atom. The maximum Gasteiger partial charge on any atom is 0.306 e. The number of rotatable bonds is 4. The van der Waals surface area contributed by atoms with Crippen LogP contribution in [-0.2, 0) is 4.79 Å². The highest BCUT2D eigenvalue weighted by Crippen LogP contribution is 2.38. The summed E-state index contributed by atoms with van der Waals surface area (Å²) in [6.45, 7) is 1.56. The van der Waals surface area contributed by atoms with Crippen LogP contribution in [0.3, 0.4) is 0 Å². The van der Waals surface area contributed by atoms with Crippen molar-refractivity contribution in [1.82, 2.24) is 9.88 Å². The maximum atomic E-state index is 11.3. The van der Waals surface area contributed by atoms with Crippen LogP contribution in [0.25, 0.3) is 10.9 Å². The summed E-state index contributed by atoms with van der Waals surface area (Å²) >= 11 is 5.30. The lowest BCUT2D eigenvalue weighted by Crippen LogP contribution is -2.39. The fraction of sp³-hybridized carbons (Fsp3) is 0.300. The lowest BCUT2D eigenvalue weighted by molar-refractivity contribution is -0.143. The molecular weight excluding hydrogens is 412 g/mol. The molecular formula is C20H19BrN2O2S. The summed E-state index contributed by atoms with van der Waals surface area (Å²) in [5.41, 5.74) is 2.15. The van der Waals surface area contributed by atoms with Gasteiger partial charge in [-0.25, -0.2) is 0 Å². The number of aliphatic carboxylic acids is 1. The molecule has 1 aliphatic rings. The molecule has 26 heavy (non-hydrogen) atoms. The summed E-state index contributed by atoms with van der Waals surface area (Å²) in [5.74, 6) is -0.899. The number of nitrogens with zero attached hydrogens (tertiary/aromatic N) is 2. The van der Waals surface area contributed by atoms with Crippen LogP contribution in [0.5, 0.6) is 0 Å². The van der Waals surface area contributed by atoms with Crippen molar-refractivity contribution in [3.05, 3.63) is 62.9 Å². The van der Waals surface area contributed by atoms with Crippen molar-refractivity contribution in [1.29, 1.82) is 0 Å². The number of carbonyl (C=O) groups is 1. The molecule has 1 saturated heterocycles. The van der Waals surface area contributed by atoms with Gasteiger partial charge in [0.2, 0.25) is 0 Å². The molecule has 6 heteroatoms. The van der Waals surface area contributed by atoms with E-state index in [1.165, 1.54) is 4.88 Å². The highest BCUT2D eigenvalue weighted by atomic mass is 79.9. The fourth-order valence-corrected chi connectivity index (χ4v) is 5.26. The van der Waals surface area contributed by atoms with E-state index in [0.717, 1.165) is 33.3 Å². The number of aromatic nitrogens is 1. The highest BCUT2D eigenvalue weighted by molar-refractivity contribution is 9.11. The zero-order chi connectivity index (χ0) is 18.1. The minimum absolute atomic E-state index is 0.109. The molecule has 1 N–H and O–H groups in total. The molecule has 3 aromatic rings. The molecule has 1 aliphatic heterocycles. The van der Waals surface area contributed by atoms with Gasteiger partial charge < -0.3 is 5.11 Å². The Labute approximate surface area is 164 Å². The molecule has 0 amide bonds. The zero-order valence-corrected chi connectivity index (χ0v) is 16.5. The number of fused-ring (bicyclic) bond motifs is 1. The topological polar surface area (TPSA) is 53.4 Å². The van der Waals surface area contributed by atoms with Gasteiger partial charge in [-0.05, 0) is 71.7 Å². The Hall–Kier alpha value is -1.76. The standard InChI is InChI=1S/C20H19BrN2O2S/c21-18-6-5-17(26-18)19(23-9-7-13(8-10-23)20(24)25)15-11-14-3-1-2-4-16(14)22-12-15/h1-6,11-13,19H,7-10H2,(H,24,25). The Morgan fingerprint density at radius 3 is 2.69 bits per heavy atom. The minimum Gasteiger partial charge on any atom is -0.481 e. The molecule has 0 bridgehead atoms. The van der Waals surface area contributed by atoms with Gasteiger partial charge in [-0.3, -0.25) is 14.7 Å². The molecule has 4 rings (SSSR count). The fourth-order valence-electron chi connectivity index (χ4n) is 3.67. The third kappa shape index (κ3) is 3.54. The molecule has 0 radical (unpaired) electrons. The number of hydrogen-bond donors (Lipinski definition) is 1. The minimum atomic E-state index is -0.674. The smallest absolute Gasteiger partial charge is 0.306 e. The van der Waals surface area contributed by atoms with Crippen molar-refractivity contribution in [3.63, 3.8) is 0 Å². The SMILES string of the molecule is O=C(O)C1CCN(C(c2cnc3ccccc3c2)c2ccc(Br)s2)CC1. The molecule has 0 saturated carbocycles. The van der Waals surface area contributed by atoms with Gasteiger partial charge >= 0.3 is 5.97 Å². The van der Waals surface area contributed by atoms with Crippen molar-refractivity contribution in [3.8, 4) is 0 Å². The third-order valence-corrected chi connectivity index (χ3v) is 6.71.